The molecule has 0 radical (unpaired) electrons. The number of carbonyl (C=O) groups is 2. The Labute approximate surface area is 164 Å². The molecule has 2 aromatic carbocycles. The van der Waals surface area contributed by atoms with Crippen LogP contribution in [0.3, 0.4) is 0 Å². The third-order valence-electron chi connectivity index (χ3n) is 3.76. The van der Waals surface area contributed by atoms with Crippen molar-refractivity contribution in [1.82, 2.24) is 0 Å². The molecule has 0 saturated carbocycles. The van der Waals surface area contributed by atoms with E-state index >= 15 is 0 Å². The summed E-state index contributed by atoms with van der Waals surface area (Å²) in [5, 5.41) is 32.1. The molecule has 10 nitrogen and oxygen atoms in total. The predicted molar refractivity (Wildman–Crippen MR) is 102 cm³/mol. The Morgan fingerprint density at radius 2 is 1.86 bits per heavy atom. The molecule has 0 aromatic heterocycles. The van der Waals surface area contributed by atoms with Crippen LogP contribution in [0.1, 0.15) is 15.9 Å². The van der Waals surface area contributed by atoms with Gasteiger partial charge in [-0.1, -0.05) is 6.07 Å². The molecule has 2 aromatic rings. The van der Waals surface area contributed by atoms with Gasteiger partial charge in [-0.05, 0) is 30.3 Å². The number of carbonyl (C=O) groups excluding carboxylic acids is 1. The van der Waals surface area contributed by atoms with Crippen molar-refractivity contribution in [2.75, 3.05) is 19.5 Å². The molecule has 2 N–H and O–H groups in total. The van der Waals surface area contributed by atoms with Crippen LogP contribution in [0.15, 0.2) is 42.0 Å². The van der Waals surface area contributed by atoms with Crippen LogP contribution in [0.2, 0.25) is 0 Å². The number of amides is 1. The van der Waals surface area contributed by atoms with E-state index in [1.807, 2.05) is 0 Å². The summed E-state index contributed by atoms with van der Waals surface area (Å²) < 4.78 is 10.1. The molecule has 2 rings (SSSR count). The largest absolute Gasteiger partial charge is 0.493 e. The summed E-state index contributed by atoms with van der Waals surface area (Å²) in [6.07, 6.45) is 1.04. The molecule has 0 unspecified atom stereocenters. The summed E-state index contributed by atoms with van der Waals surface area (Å²) in [6, 6.07) is 9.49. The number of nitro groups is 1. The first-order valence-electron chi connectivity index (χ1n) is 7.97. The van der Waals surface area contributed by atoms with Crippen LogP contribution in [-0.4, -0.2) is 36.1 Å². The van der Waals surface area contributed by atoms with Gasteiger partial charge in [0.1, 0.15) is 11.6 Å². The first-order chi connectivity index (χ1) is 13.8. The fraction of sp³-hybridized carbons (Fsp3) is 0.105. The van der Waals surface area contributed by atoms with Gasteiger partial charge in [-0.3, -0.25) is 14.9 Å². The predicted octanol–water partition coefficient (Wildman–Crippen LogP) is 2.86. The maximum Gasteiger partial charge on any atom is 0.335 e. The number of nitrogens with one attached hydrogen (secondary N) is 1. The zero-order valence-electron chi connectivity index (χ0n) is 15.3. The molecule has 0 aliphatic rings. The SMILES string of the molecule is COc1cc(/C=C(/C#N)C(=O)Nc2cccc(C(=O)O)c2)c([N+](=O)[O-])cc1OC. The smallest absolute Gasteiger partial charge is 0.335 e. The van der Waals surface area contributed by atoms with Gasteiger partial charge in [-0.2, -0.15) is 5.26 Å². The van der Waals surface area contributed by atoms with Crippen molar-refractivity contribution in [2.45, 2.75) is 0 Å². The third kappa shape index (κ3) is 4.86. The quantitative estimate of drug-likeness (QED) is 0.313. The molecule has 0 fully saturated rings. The van der Waals surface area contributed by atoms with Crippen LogP contribution < -0.4 is 14.8 Å². The number of hydrogen-bond donors (Lipinski definition) is 2. The van der Waals surface area contributed by atoms with Crippen molar-refractivity contribution < 1.29 is 29.1 Å². The highest BCUT2D eigenvalue weighted by Crippen LogP contribution is 2.35. The van der Waals surface area contributed by atoms with Gasteiger partial charge in [0.15, 0.2) is 11.5 Å². The van der Waals surface area contributed by atoms with Gasteiger partial charge in [0.25, 0.3) is 11.6 Å². The van der Waals surface area contributed by atoms with Crippen LogP contribution in [0.5, 0.6) is 11.5 Å². The number of methoxy groups -OCH3 is 2. The van der Waals surface area contributed by atoms with E-state index in [0.29, 0.717) is 0 Å². The number of ether oxygens (including phenoxy) is 2. The number of nitriles is 1. The maximum absolute atomic E-state index is 12.4. The molecule has 148 valence electrons. The normalized spacial score (nSPS) is 10.6. The summed E-state index contributed by atoms with van der Waals surface area (Å²) in [5.41, 5.74) is -0.769. The average molecular weight is 397 g/mol. The summed E-state index contributed by atoms with van der Waals surface area (Å²) in [5.74, 6) is -1.75. The Balaban J connectivity index is 2.44. The van der Waals surface area contributed by atoms with Gasteiger partial charge in [-0.25, -0.2) is 4.79 Å². The molecule has 10 heteroatoms. The number of rotatable bonds is 7. The van der Waals surface area contributed by atoms with E-state index in [1.165, 1.54) is 44.6 Å². The average Bonchev–Trinajstić information content (AvgIpc) is 2.71. The number of nitro benzene ring substituents is 1. The van der Waals surface area contributed by atoms with E-state index in [9.17, 15) is 25.0 Å². The van der Waals surface area contributed by atoms with E-state index in [4.69, 9.17) is 14.6 Å². The molecule has 0 aliphatic carbocycles. The Morgan fingerprint density at radius 3 is 2.41 bits per heavy atom. The topological polar surface area (TPSA) is 152 Å². The fourth-order valence-corrected chi connectivity index (χ4v) is 2.39. The number of hydrogen-bond acceptors (Lipinski definition) is 7. The fourth-order valence-electron chi connectivity index (χ4n) is 2.39. The van der Waals surface area contributed by atoms with E-state index in [1.54, 1.807) is 6.07 Å². The first-order valence-corrected chi connectivity index (χ1v) is 7.97. The van der Waals surface area contributed by atoms with Gasteiger partial charge < -0.3 is 19.9 Å². The lowest BCUT2D eigenvalue weighted by molar-refractivity contribution is -0.385. The lowest BCUT2D eigenvalue weighted by Gasteiger charge is -2.09. The zero-order valence-corrected chi connectivity index (χ0v) is 15.3. The van der Waals surface area contributed by atoms with Gasteiger partial charge in [0.2, 0.25) is 0 Å². The zero-order chi connectivity index (χ0) is 21.6. The standard InChI is InChI=1S/C19H15N3O7/c1-28-16-8-12(15(22(26)27)9-17(16)29-2)6-13(10-20)18(23)21-14-5-3-4-11(7-14)19(24)25/h3-9H,1-2H3,(H,21,23)(H,24,25)/b13-6-. The van der Waals surface area contributed by atoms with Crippen molar-refractivity contribution >= 4 is 29.3 Å². The number of nitrogens with zero attached hydrogens (tertiary/aromatic N) is 2. The molecule has 29 heavy (non-hydrogen) atoms. The van der Waals surface area contributed by atoms with Crippen molar-refractivity contribution in [3.63, 3.8) is 0 Å². The number of aromatic carboxylic acids is 1. The van der Waals surface area contributed by atoms with Crippen LogP contribution in [0.4, 0.5) is 11.4 Å². The van der Waals surface area contributed by atoms with Crippen molar-refractivity contribution in [3.8, 4) is 17.6 Å². The van der Waals surface area contributed by atoms with Crippen molar-refractivity contribution in [2.24, 2.45) is 0 Å². The highest BCUT2D eigenvalue weighted by molar-refractivity contribution is 6.10. The van der Waals surface area contributed by atoms with E-state index in [0.717, 1.165) is 12.1 Å². The second-order valence-corrected chi connectivity index (χ2v) is 5.53. The van der Waals surface area contributed by atoms with Crippen molar-refractivity contribution in [3.05, 3.63) is 63.2 Å². The summed E-state index contributed by atoms with van der Waals surface area (Å²) in [7, 11) is 2.65. The summed E-state index contributed by atoms with van der Waals surface area (Å²) in [6.45, 7) is 0. The second-order valence-electron chi connectivity index (χ2n) is 5.53. The Kier molecular flexibility index (Phi) is 6.50. The van der Waals surface area contributed by atoms with Crippen LogP contribution in [-0.2, 0) is 4.79 Å². The first kappa shape index (κ1) is 20.9. The third-order valence-corrected chi connectivity index (χ3v) is 3.76. The maximum atomic E-state index is 12.4. The van der Waals surface area contributed by atoms with Gasteiger partial charge >= 0.3 is 5.97 Å². The minimum absolute atomic E-state index is 0.0429. The Morgan fingerprint density at radius 1 is 1.21 bits per heavy atom. The number of carboxylic acid groups (broad SMARTS) is 1. The van der Waals surface area contributed by atoms with Gasteiger partial charge in [0, 0.05) is 5.69 Å². The Hall–Kier alpha value is -4.39. The molecule has 0 heterocycles. The number of anilines is 1. The molecule has 1 amide bonds. The number of carboxylic acids is 1. The molecule has 0 spiro atoms. The molecular formula is C19H15N3O7. The minimum Gasteiger partial charge on any atom is -0.493 e. The highest BCUT2D eigenvalue weighted by atomic mass is 16.6. The summed E-state index contributed by atoms with van der Waals surface area (Å²) in [4.78, 5) is 34.1. The monoisotopic (exact) mass is 397 g/mol. The molecule has 0 bridgehead atoms. The van der Waals surface area contributed by atoms with Crippen molar-refractivity contribution in [1.29, 1.82) is 5.26 Å². The summed E-state index contributed by atoms with van der Waals surface area (Å²) >= 11 is 0. The van der Waals surface area contributed by atoms with Gasteiger partial charge in [0.05, 0.1) is 36.3 Å². The highest BCUT2D eigenvalue weighted by Gasteiger charge is 2.20. The van der Waals surface area contributed by atoms with Crippen LogP contribution in [0.25, 0.3) is 6.08 Å². The number of benzene rings is 2. The van der Waals surface area contributed by atoms with E-state index in [-0.39, 0.29) is 28.3 Å². The molecule has 0 aliphatic heterocycles. The molecular weight excluding hydrogens is 382 g/mol. The van der Waals surface area contributed by atoms with Gasteiger partial charge in [-0.15, -0.1) is 0 Å². The lowest BCUT2D eigenvalue weighted by Crippen LogP contribution is -2.14. The van der Waals surface area contributed by atoms with E-state index < -0.39 is 28.1 Å². The van der Waals surface area contributed by atoms with Crippen LogP contribution in [0, 0.1) is 21.4 Å². The Bertz CT molecular complexity index is 1050. The van der Waals surface area contributed by atoms with E-state index in [2.05, 4.69) is 5.32 Å². The second kappa shape index (κ2) is 9.01. The molecule has 0 saturated heterocycles. The minimum atomic E-state index is -1.18. The lowest BCUT2D eigenvalue weighted by atomic mass is 10.1. The molecule has 0 atom stereocenters. The van der Waals surface area contributed by atoms with Crippen LogP contribution >= 0.6 is 0 Å².